The minimum absolute atomic E-state index is 0.0140. The largest absolute Gasteiger partial charge is 0.504 e. The van der Waals surface area contributed by atoms with Gasteiger partial charge in [0.05, 0.1) is 5.92 Å². The lowest BCUT2D eigenvalue weighted by atomic mass is 9.86. The predicted molar refractivity (Wildman–Crippen MR) is 51.1 cm³/mol. The van der Waals surface area contributed by atoms with Crippen LogP contribution in [0.3, 0.4) is 0 Å². The molecular weight excluding hydrogens is 180 g/mol. The van der Waals surface area contributed by atoms with Crippen molar-refractivity contribution in [3.05, 3.63) is 24.3 Å². The Bertz CT molecular complexity index is 342. The number of para-hydroxylation sites is 2. The van der Waals surface area contributed by atoms with E-state index in [2.05, 4.69) is 0 Å². The van der Waals surface area contributed by atoms with Crippen LogP contribution < -0.4 is 4.74 Å². The molecule has 0 saturated heterocycles. The molecule has 1 N–H and O–H groups in total. The van der Waals surface area contributed by atoms with Crippen LogP contribution in [-0.2, 0) is 4.79 Å². The number of hydrogen-bond donors (Lipinski definition) is 1. The zero-order valence-corrected chi connectivity index (χ0v) is 7.77. The first kappa shape index (κ1) is 9.06. The van der Waals surface area contributed by atoms with E-state index in [-0.39, 0.29) is 23.4 Å². The molecule has 0 atom stereocenters. The van der Waals surface area contributed by atoms with Crippen LogP contribution in [0.1, 0.15) is 19.3 Å². The average molecular weight is 192 g/mol. The molecule has 14 heavy (non-hydrogen) atoms. The summed E-state index contributed by atoms with van der Waals surface area (Å²) in [6.07, 6.45) is 2.92. The van der Waals surface area contributed by atoms with E-state index in [1.54, 1.807) is 18.2 Å². The highest BCUT2D eigenvalue weighted by atomic mass is 16.5. The number of benzene rings is 1. The number of carbonyl (C=O) groups is 1. The zero-order chi connectivity index (χ0) is 9.97. The van der Waals surface area contributed by atoms with Crippen molar-refractivity contribution in [1.29, 1.82) is 0 Å². The molecular formula is C11H12O3. The van der Waals surface area contributed by atoms with Crippen LogP contribution in [0, 0.1) is 5.92 Å². The molecule has 1 fully saturated rings. The van der Waals surface area contributed by atoms with E-state index in [9.17, 15) is 9.90 Å². The summed E-state index contributed by atoms with van der Waals surface area (Å²) in [5.74, 6) is 0.0805. The fourth-order valence-corrected chi connectivity index (χ4v) is 1.38. The molecule has 1 saturated carbocycles. The number of phenolic OH excluding ortho intramolecular Hbond substituents is 1. The Hall–Kier alpha value is -1.51. The normalized spacial score (nSPS) is 16.0. The van der Waals surface area contributed by atoms with Crippen molar-refractivity contribution in [2.24, 2.45) is 5.92 Å². The first-order chi connectivity index (χ1) is 6.77. The van der Waals surface area contributed by atoms with Gasteiger partial charge >= 0.3 is 5.97 Å². The summed E-state index contributed by atoms with van der Waals surface area (Å²) >= 11 is 0. The van der Waals surface area contributed by atoms with Gasteiger partial charge in [0.1, 0.15) is 0 Å². The molecule has 74 valence electrons. The number of ether oxygens (including phenoxy) is 1. The van der Waals surface area contributed by atoms with E-state index < -0.39 is 0 Å². The number of carbonyl (C=O) groups excluding carboxylic acids is 1. The quantitative estimate of drug-likeness (QED) is 0.576. The van der Waals surface area contributed by atoms with Crippen LogP contribution in [0.4, 0.5) is 0 Å². The average Bonchev–Trinajstić information content (AvgIpc) is 2.05. The molecule has 0 heterocycles. The lowest BCUT2D eigenvalue weighted by molar-refractivity contribution is -0.141. The van der Waals surface area contributed by atoms with E-state index in [0.29, 0.717) is 0 Å². The van der Waals surface area contributed by atoms with Gasteiger partial charge in [0.2, 0.25) is 0 Å². The van der Waals surface area contributed by atoms with E-state index in [1.807, 2.05) is 0 Å². The summed E-state index contributed by atoms with van der Waals surface area (Å²) in [5, 5.41) is 9.35. The van der Waals surface area contributed by atoms with Crippen molar-refractivity contribution in [2.45, 2.75) is 19.3 Å². The third-order valence-electron chi connectivity index (χ3n) is 2.51. The standard InChI is InChI=1S/C11H12O3/c12-9-6-1-2-7-10(9)14-11(13)8-4-3-5-8/h1-2,6-8,12H,3-5H2. The Morgan fingerprint density at radius 3 is 2.64 bits per heavy atom. The van der Waals surface area contributed by atoms with Gasteiger partial charge in [-0.3, -0.25) is 4.79 Å². The van der Waals surface area contributed by atoms with Gasteiger partial charge in [0.15, 0.2) is 11.5 Å². The molecule has 0 unspecified atom stereocenters. The first-order valence-electron chi connectivity index (χ1n) is 4.77. The summed E-state index contributed by atoms with van der Waals surface area (Å²) < 4.78 is 5.06. The fraction of sp³-hybridized carbons (Fsp3) is 0.364. The molecule has 0 aliphatic heterocycles. The Kier molecular flexibility index (Phi) is 2.39. The molecule has 0 aromatic heterocycles. The van der Waals surface area contributed by atoms with Crippen LogP contribution in [0.25, 0.3) is 0 Å². The zero-order valence-electron chi connectivity index (χ0n) is 7.77. The lowest BCUT2D eigenvalue weighted by Gasteiger charge is -2.22. The number of hydrogen-bond acceptors (Lipinski definition) is 3. The van der Waals surface area contributed by atoms with Gasteiger partial charge in [-0.15, -0.1) is 0 Å². The van der Waals surface area contributed by atoms with Crippen molar-refractivity contribution in [3.63, 3.8) is 0 Å². The third kappa shape index (κ3) is 1.71. The second kappa shape index (κ2) is 3.70. The molecule has 3 nitrogen and oxygen atoms in total. The maximum atomic E-state index is 11.4. The third-order valence-corrected chi connectivity index (χ3v) is 2.51. The SMILES string of the molecule is O=C(Oc1ccccc1O)C1CCC1. The van der Waals surface area contributed by atoms with Gasteiger partial charge in [0, 0.05) is 0 Å². The number of aromatic hydroxyl groups is 1. The number of esters is 1. The summed E-state index contributed by atoms with van der Waals surface area (Å²) in [4.78, 5) is 11.4. The van der Waals surface area contributed by atoms with Crippen LogP contribution in [0.15, 0.2) is 24.3 Å². The molecule has 1 aliphatic carbocycles. The van der Waals surface area contributed by atoms with Crippen molar-refractivity contribution >= 4 is 5.97 Å². The van der Waals surface area contributed by atoms with E-state index in [4.69, 9.17) is 4.74 Å². The Labute approximate surface area is 82.3 Å². The minimum Gasteiger partial charge on any atom is -0.504 e. The molecule has 0 amide bonds. The second-order valence-electron chi connectivity index (χ2n) is 3.52. The Balaban J connectivity index is 2.03. The van der Waals surface area contributed by atoms with Crippen molar-refractivity contribution < 1.29 is 14.6 Å². The van der Waals surface area contributed by atoms with Gasteiger partial charge in [-0.2, -0.15) is 0 Å². The van der Waals surface area contributed by atoms with Crippen LogP contribution in [0.5, 0.6) is 11.5 Å². The van der Waals surface area contributed by atoms with Gasteiger partial charge in [-0.05, 0) is 25.0 Å². The van der Waals surface area contributed by atoms with Gasteiger partial charge < -0.3 is 9.84 Å². The molecule has 0 radical (unpaired) electrons. The summed E-state index contributed by atoms with van der Waals surface area (Å²) in [5.41, 5.74) is 0. The smallest absolute Gasteiger partial charge is 0.314 e. The van der Waals surface area contributed by atoms with Crippen LogP contribution in [0.2, 0.25) is 0 Å². The molecule has 2 rings (SSSR count). The van der Waals surface area contributed by atoms with E-state index in [1.165, 1.54) is 6.07 Å². The molecule has 1 aliphatic rings. The Morgan fingerprint density at radius 1 is 1.36 bits per heavy atom. The first-order valence-corrected chi connectivity index (χ1v) is 4.77. The van der Waals surface area contributed by atoms with Crippen molar-refractivity contribution in [1.82, 2.24) is 0 Å². The monoisotopic (exact) mass is 192 g/mol. The van der Waals surface area contributed by atoms with Crippen molar-refractivity contribution in [3.8, 4) is 11.5 Å². The number of rotatable bonds is 2. The second-order valence-corrected chi connectivity index (χ2v) is 3.52. The molecule has 1 aromatic carbocycles. The number of phenols is 1. The van der Waals surface area contributed by atoms with Crippen LogP contribution >= 0.6 is 0 Å². The molecule has 1 aromatic rings. The van der Waals surface area contributed by atoms with Gasteiger partial charge in [-0.1, -0.05) is 18.6 Å². The predicted octanol–water partition coefficient (Wildman–Crippen LogP) is 2.10. The Morgan fingerprint density at radius 2 is 2.07 bits per heavy atom. The van der Waals surface area contributed by atoms with E-state index in [0.717, 1.165) is 19.3 Å². The van der Waals surface area contributed by atoms with E-state index >= 15 is 0 Å². The van der Waals surface area contributed by atoms with Gasteiger partial charge in [0.25, 0.3) is 0 Å². The molecule has 0 bridgehead atoms. The lowest BCUT2D eigenvalue weighted by Crippen LogP contribution is -2.26. The highest BCUT2D eigenvalue weighted by Gasteiger charge is 2.27. The molecule has 0 spiro atoms. The summed E-state index contributed by atoms with van der Waals surface area (Å²) in [7, 11) is 0. The maximum Gasteiger partial charge on any atom is 0.314 e. The topological polar surface area (TPSA) is 46.5 Å². The maximum absolute atomic E-state index is 11.4. The van der Waals surface area contributed by atoms with Crippen molar-refractivity contribution in [2.75, 3.05) is 0 Å². The van der Waals surface area contributed by atoms with Crippen LogP contribution in [-0.4, -0.2) is 11.1 Å². The minimum atomic E-state index is -0.224. The van der Waals surface area contributed by atoms with Gasteiger partial charge in [-0.25, -0.2) is 0 Å². The summed E-state index contributed by atoms with van der Waals surface area (Å²) in [6.45, 7) is 0. The highest BCUT2D eigenvalue weighted by Crippen LogP contribution is 2.30. The summed E-state index contributed by atoms with van der Waals surface area (Å²) in [6, 6.07) is 6.51. The fourth-order valence-electron chi connectivity index (χ4n) is 1.38. The highest BCUT2D eigenvalue weighted by molar-refractivity contribution is 5.76. The molecule has 3 heteroatoms.